The Bertz CT molecular complexity index is 905. The number of oxime groups is 1. The number of carbonyl (C=O) groups is 1. The molecule has 168 valence electrons. The number of nitrogens with zero attached hydrogens (tertiary/aromatic N) is 2. The van der Waals surface area contributed by atoms with Gasteiger partial charge < -0.3 is 9.94 Å². The van der Waals surface area contributed by atoms with Crippen molar-refractivity contribution in [3.63, 3.8) is 0 Å². The van der Waals surface area contributed by atoms with E-state index in [4.69, 9.17) is 9.94 Å². The van der Waals surface area contributed by atoms with E-state index in [2.05, 4.69) is 5.16 Å². The summed E-state index contributed by atoms with van der Waals surface area (Å²) in [4.78, 5) is 18.2. The van der Waals surface area contributed by atoms with Gasteiger partial charge in [-0.15, -0.1) is 12.4 Å². The van der Waals surface area contributed by atoms with Crippen LogP contribution in [0.25, 0.3) is 0 Å². The highest BCUT2D eigenvalue weighted by Crippen LogP contribution is 2.20. The zero-order valence-electron chi connectivity index (χ0n) is 16.4. The number of hydrogen-bond donors (Lipinski definition) is 1. The molecular weight excluding hydrogens is 440 g/mol. The van der Waals surface area contributed by atoms with Crippen molar-refractivity contribution in [3.05, 3.63) is 70.8 Å². The van der Waals surface area contributed by atoms with Crippen LogP contribution in [0.4, 0.5) is 17.6 Å². The Morgan fingerprint density at radius 3 is 2.19 bits per heavy atom. The molecule has 1 aliphatic heterocycles. The number of aliphatic carboxylic acids is 1. The zero-order valence-corrected chi connectivity index (χ0v) is 17.2. The molecule has 0 saturated carbocycles. The van der Waals surface area contributed by atoms with Gasteiger partial charge in [-0.2, -0.15) is 0 Å². The van der Waals surface area contributed by atoms with Crippen molar-refractivity contribution in [2.45, 2.75) is 12.8 Å². The maximum absolute atomic E-state index is 14.3. The van der Waals surface area contributed by atoms with Crippen LogP contribution in [0, 0.1) is 29.2 Å². The highest BCUT2D eigenvalue weighted by molar-refractivity contribution is 6.12. The van der Waals surface area contributed by atoms with Gasteiger partial charge in [0.15, 0.2) is 0 Å². The summed E-state index contributed by atoms with van der Waals surface area (Å²) in [5.41, 5.74) is -1.13. The molecule has 5 nitrogen and oxygen atoms in total. The molecule has 1 fully saturated rings. The van der Waals surface area contributed by atoms with E-state index in [0.29, 0.717) is 26.1 Å². The first-order chi connectivity index (χ1) is 14.3. The molecule has 31 heavy (non-hydrogen) atoms. The van der Waals surface area contributed by atoms with Crippen LogP contribution in [-0.4, -0.2) is 47.9 Å². The second kappa shape index (κ2) is 11.1. The van der Waals surface area contributed by atoms with Crippen LogP contribution in [0.2, 0.25) is 0 Å². The van der Waals surface area contributed by atoms with Crippen LogP contribution in [0.1, 0.15) is 24.0 Å². The molecule has 1 N–H and O–H groups in total. The SMILES string of the molecule is Cl.O=C(O)[C@@H]1CCCN(CCON=C(c2cc(F)ccc2F)c2cc(F)ccc2F)C1. The molecule has 0 bridgehead atoms. The Hall–Kier alpha value is -2.65. The smallest absolute Gasteiger partial charge is 0.307 e. The van der Waals surface area contributed by atoms with Gasteiger partial charge in [0, 0.05) is 24.2 Å². The predicted molar refractivity (Wildman–Crippen MR) is 108 cm³/mol. The third-order valence-electron chi connectivity index (χ3n) is 4.88. The number of likely N-dealkylation sites (tertiary alicyclic amines) is 1. The second-order valence-corrected chi connectivity index (χ2v) is 7.00. The maximum Gasteiger partial charge on any atom is 0.307 e. The van der Waals surface area contributed by atoms with Crippen LogP contribution < -0.4 is 0 Å². The summed E-state index contributed by atoms with van der Waals surface area (Å²) in [5.74, 6) is -4.61. The molecule has 0 aliphatic carbocycles. The number of halogens is 5. The first kappa shape index (κ1) is 24.6. The van der Waals surface area contributed by atoms with Crippen molar-refractivity contribution in [1.29, 1.82) is 0 Å². The number of benzene rings is 2. The molecular formula is C21H21ClF4N2O3. The molecule has 1 saturated heterocycles. The largest absolute Gasteiger partial charge is 0.481 e. The molecule has 0 spiro atoms. The normalized spacial score (nSPS) is 16.3. The molecule has 1 heterocycles. The topological polar surface area (TPSA) is 62.1 Å². The number of carboxylic acids is 1. The van der Waals surface area contributed by atoms with Gasteiger partial charge >= 0.3 is 5.97 Å². The summed E-state index contributed by atoms with van der Waals surface area (Å²) in [6.45, 7) is 1.41. The average molecular weight is 461 g/mol. The van der Waals surface area contributed by atoms with Gasteiger partial charge in [0.2, 0.25) is 0 Å². The first-order valence-electron chi connectivity index (χ1n) is 9.41. The quantitative estimate of drug-likeness (QED) is 0.291. The molecule has 0 aromatic heterocycles. The van der Waals surface area contributed by atoms with Crippen molar-refractivity contribution in [2.75, 3.05) is 26.2 Å². The van der Waals surface area contributed by atoms with Crippen molar-refractivity contribution < 1.29 is 32.3 Å². The highest BCUT2D eigenvalue weighted by Gasteiger charge is 2.25. The standard InChI is InChI=1S/C21H20F4N2O3.ClH/c22-14-3-5-18(24)16(10-14)20(17-11-15(23)4-6-19(17)25)26-30-9-8-27-7-1-2-13(12-27)21(28)29;/h3-6,10-11,13H,1-2,7-9,12H2,(H,28,29);1H/t13-;/m1./s1. The van der Waals surface area contributed by atoms with E-state index in [1.807, 2.05) is 4.90 Å². The fraction of sp³-hybridized carbons (Fsp3) is 0.333. The third-order valence-corrected chi connectivity index (χ3v) is 4.88. The van der Waals surface area contributed by atoms with E-state index in [1.165, 1.54) is 0 Å². The Morgan fingerprint density at radius 1 is 1.06 bits per heavy atom. The summed E-state index contributed by atoms with van der Waals surface area (Å²) < 4.78 is 55.8. The molecule has 2 aromatic carbocycles. The minimum atomic E-state index is -0.872. The average Bonchev–Trinajstić information content (AvgIpc) is 2.72. The fourth-order valence-corrected chi connectivity index (χ4v) is 3.34. The Balaban J connectivity index is 0.00000341. The van der Waals surface area contributed by atoms with Crippen molar-refractivity contribution in [1.82, 2.24) is 4.90 Å². The van der Waals surface area contributed by atoms with Gasteiger partial charge in [0.1, 0.15) is 35.6 Å². The van der Waals surface area contributed by atoms with Gasteiger partial charge in [-0.1, -0.05) is 5.16 Å². The van der Waals surface area contributed by atoms with Gasteiger partial charge in [0.25, 0.3) is 0 Å². The molecule has 0 amide bonds. The van der Waals surface area contributed by atoms with Crippen LogP contribution in [0.3, 0.4) is 0 Å². The van der Waals surface area contributed by atoms with Crippen LogP contribution >= 0.6 is 12.4 Å². The van der Waals surface area contributed by atoms with Crippen LogP contribution in [-0.2, 0) is 9.63 Å². The molecule has 2 aromatic rings. The lowest BCUT2D eigenvalue weighted by molar-refractivity contribution is -0.143. The molecule has 1 aliphatic rings. The predicted octanol–water partition coefficient (Wildman–Crippen LogP) is 4.23. The van der Waals surface area contributed by atoms with Gasteiger partial charge in [-0.05, 0) is 55.8 Å². The van der Waals surface area contributed by atoms with Gasteiger partial charge in [-0.3, -0.25) is 9.69 Å². The van der Waals surface area contributed by atoms with Gasteiger partial charge in [-0.25, -0.2) is 17.6 Å². The lowest BCUT2D eigenvalue weighted by Gasteiger charge is -2.29. The van der Waals surface area contributed by atoms with E-state index >= 15 is 0 Å². The van der Waals surface area contributed by atoms with Crippen molar-refractivity contribution in [2.24, 2.45) is 11.1 Å². The Kier molecular flexibility index (Phi) is 8.82. The number of carboxylic acid groups (broad SMARTS) is 1. The van der Waals surface area contributed by atoms with Crippen molar-refractivity contribution in [3.8, 4) is 0 Å². The number of hydrogen-bond acceptors (Lipinski definition) is 4. The third kappa shape index (κ3) is 6.41. The van der Waals surface area contributed by atoms with E-state index in [0.717, 1.165) is 42.8 Å². The summed E-state index contributed by atoms with van der Waals surface area (Å²) in [7, 11) is 0. The Morgan fingerprint density at radius 2 is 1.65 bits per heavy atom. The summed E-state index contributed by atoms with van der Waals surface area (Å²) in [6.07, 6.45) is 1.33. The van der Waals surface area contributed by atoms with E-state index in [-0.39, 0.29) is 35.9 Å². The van der Waals surface area contributed by atoms with Gasteiger partial charge in [0.05, 0.1) is 5.92 Å². The number of rotatable bonds is 7. The lowest BCUT2D eigenvalue weighted by Crippen LogP contribution is -2.40. The van der Waals surface area contributed by atoms with E-state index in [9.17, 15) is 22.4 Å². The lowest BCUT2D eigenvalue weighted by atomic mass is 9.98. The molecule has 0 unspecified atom stereocenters. The van der Waals surface area contributed by atoms with E-state index < -0.39 is 35.2 Å². The first-order valence-corrected chi connectivity index (χ1v) is 9.41. The monoisotopic (exact) mass is 460 g/mol. The molecule has 0 radical (unpaired) electrons. The Labute approximate surface area is 182 Å². The fourth-order valence-electron chi connectivity index (χ4n) is 3.34. The second-order valence-electron chi connectivity index (χ2n) is 7.00. The molecule has 1 atom stereocenters. The highest BCUT2D eigenvalue weighted by atomic mass is 35.5. The zero-order chi connectivity index (χ0) is 21.7. The maximum atomic E-state index is 14.3. The minimum absolute atomic E-state index is 0. The molecule has 10 heteroatoms. The summed E-state index contributed by atoms with van der Waals surface area (Å²) in [5, 5.41) is 12.9. The van der Waals surface area contributed by atoms with Crippen LogP contribution in [0.5, 0.6) is 0 Å². The molecule has 3 rings (SSSR count). The van der Waals surface area contributed by atoms with Crippen LogP contribution in [0.15, 0.2) is 41.6 Å². The summed E-state index contributed by atoms with van der Waals surface area (Å²) >= 11 is 0. The van der Waals surface area contributed by atoms with E-state index in [1.54, 1.807) is 0 Å². The minimum Gasteiger partial charge on any atom is -0.481 e. The van der Waals surface area contributed by atoms with Crippen molar-refractivity contribution >= 4 is 24.1 Å². The number of piperidine rings is 1. The summed E-state index contributed by atoms with van der Waals surface area (Å²) in [6, 6.07) is 5.16.